The first kappa shape index (κ1) is 10.7. The van der Waals surface area contributed by atoms with Crippen molar-refractivity contribution in [1.82, 2.24) is 0 Å². The van der Waals surface area contributed by atoms with E-state index in [1.54, 1.807) is 0 Å². The minimum absolute atomic E-state index is 0.995. The van der Waals surface area contributed by atoms with Gasteiger partial charge in [0.2, 0.25) is 0 Å². The summed E-state index contributed by atoms with van der Waals surface area (Å²) >= 11 is 0. The second-order valence-corrected chi connectivity index (χ2v) is 1.98. The molecule has 6 heteroatoms. The molecule has 0 unspecified atom stereocenters. The lowest BCUT2D eigenvalue weighted by Crippen LogP contribution is -2.12. The summed E-state index contributed by atoms with van der Waals surface area (Å²) in [5.41, 5.74) is 0. The minimum atomic E-state index is -3.66. The van der Waals surface area contributed by atoms with Gasteiger partial charge >= 0.3 is 10.3 Å². The molecular formula is C2H9NO4S. The molecule has 0 aliphatic heterocycles. The Bertz CT molecular complexity index is 116. The summed E-state index contributed by atoms with van der Waals surface area (Å²) in [6, 6.07) is 0. The van der Waals surface area contributed by atoms with Gasteiger partial charge in [0.1, 0.15) is 0 Å². The molecule has 5 nitrogen and oxygen atoms in total. The zero-order valence-electron chi connectivity index (χ0n) is 4.66. The van der Waals surface area contributed by atoms with Gasteiger partial charge in [-0.1, -0.05) is 0 Å². The number of aliphatic hydroxyl groups is 1. The van der Waals surface area contributed by atoms with Crippen LogP contribution in [0.3, 0.4) is 0 Å². The van der Waals surface area contributed by atoms with Gasteiger partial charge in [-0.3, -0.25) is 4.18 Å². The zero-order chi connectivity index (χ0) is 7.21. The van der Waals surface area contributed by atoms with Crippen molar-refractivity contribution in [3.63, 3.8) is 0 Å². The summed E-state index contributed by atoms with van der Waals surface area (Å²) < 4.78 is 22.8. The smallest absolute Gasteiger partial charge is 0.333 e. The normalized spacial score (nSPS) is 9.50. The van der Waals surface area contributed by atoms with Crippen LogP contribution in [0.25, 0.3) is 0 Å². The Labute approximate surface area is 48.3 Å². The van der Waals surface area contributed by atoms with Crippen molar-refractivity contribution in [2.24, 2.45) is 5.14 Å². The van der Waals surface area contributed by atoms with Crippen molar-refractivity contribution in [2.45, 2.75) is 0 Å². The molecule has 0 spiro atoms. The lowest BCUT2D eigenvalue weighted by Gasteiger charge is -1.84. The summed E-state index contributed by atoms with van der Waals surface area (Å²) in [7, 11) is -1.67. The van der Waals surface area contributed by atoms with Crippen molar-refractivity contribution in [2.75, 3.05) is 14.2 Å². The van der Waals surface area contributed by atoms with Crippen molar-refractivity contribution < 1.29 is 17.7 Å². The molecule has 52 valence electrons. The van der Waals surface area contributed by atoms with E-state index in [0.717, 1.165) is 14.2 Å². The standard InChI is InChI=1S/CH5NO3S.CH4O/c1-5-6(2,3)4;1-2/h1H3,(H2,2,3,4);2H,1H3. The topological polar surface area (TPSA) is 89.6 Å². The van der Waals surface area contributed by atoms with Crippen LogP contribution in [-0.2, 0) is 14.5 Å². The molecule has 0 amide bonds. The molecule has 0 rings (SSSR count). The van der Waals surface area contributed by atoms with Crippen LogP contribution in [0, 0.1) is 0 Å². The second kappa shape index (κ2) is 4.98. The molecule has 0 fully saturated rings. The molecule has 0 atom stereocenters. The number of hydrogen-bond donors (Lipinski definition) is 2. The van der Waals surface area contributed by atoms with Crippen LogP contribution >= 0.6 is 0 Å². The Morgan fingerprint density at radius 2 is 1.62 bits per heavy atom. The first-order valence-corrected chi connectivity index (χ1v) is 3.06. The summed E-state index contributed by atoms with van der Waals surface area (Å²) in [6.07, 6.45) is 0. The third-order valence-electron chi connectivity index (χ3n) is 0.232. The molecule has 3 N–H and O–H groups in total. The van der Waals surface area contributed by atoms with Crippen LogP contribution in [0.4, 0.5) is 0 Å². The zero-order valence-corrected chi connectivity index (χ0v) is 5.47. The fraction of sp³-hybridized carbons (Fsp3) is 1.00. The van der Waals surface area contributed by atoms with E-state index in [4.69, 9.17) is 5.11 Å². The second-order valence-electron chi connectivity index (χ2n) is 0.659. The summed E-state index contributed by atoms with van der Waals surface area (Å²) in [4.78, 5) is 0. The Hall–Kier alpha value is -0.170. The van der Waals surface area contributed by atoms with E-state index >= 15 is 0 Å². The first-order chi connectivity index (χ1) is 3.56. The highest BCUT2D eigenvalue weighted by atomic mass is 32.2. The van der Waals surface area contributed by atoms with E-state index in [2.05, 4.69) is 9.32 Å². The largest absolute Gasteiger partial charge is 0.400 e. The number of nitrogens with two attached hydrogens (primary N) is 1. The maximum atomic E-state index is 9.56. The lowest BCUT2D eigenvalue weighted by molar-refractivity contribution is 0.398. The Morgan fingerprint density at radius 3 is 1.62 bits per heavy atom. The van der Waals surface area contributed by atoms with Crippen molar-refractivity contribution in [3.8, 4) is 0 Å². The van der Waals surface area contributed by atoms with Crippen LogP contribution in [-0.4, -0.2) is 27.7 Å². The molecule has 0 radical (unpaired) electrons. The SMILES string of the molecule is CO.COS(N)(=O)=O. The summed E-state index contributed by atoms with van der Waals surface area (Å²) in [5, 5.41) is 11.3. The van der Waals surface area contributed by atoms with E-state index in [0.29, 0.717) is 0 Å². The van der Waals surface area contributed by atoms with Crippen LogP contribution < -0.4 is 5.14 Å². The van der Waals surface area contributed by atoms with Gasteiger partial charge in [-0.05, 0) is 0 Å². The van der Waals surface area contributed by atoms with Gasteiger partial charge in [-0.25, -0.2) is 5.14 Å². The highest BCUT2D eigenvalue weighted by molar-refractivity contribution is 7.84. The van der Waals surface area contributed by atoms with Crippen LogP contribution in [0.1, 0.15) is 0 Å². The van der Waals surface area contributed by atoms with Crippen LogP contribution in [0.15, 0.2) is 0 Å². The average molecular weight is 143 g/mol. The van der Waals surface area contributed by atoms with Crippen LogP contribution in [0.2, 0.25) is 0 Å². The van der Waals surface area contributed by atoms with E-state index in [1.807, 2.05) is 0 Å². The predicted molar refractivity (Wildman–Crippen MR) is 28.3 cm³/mol. The predicted octanol–water partition coefficient (Wildman–Crippen LogP) is -1.56. The highest BCUT2D eigenvalue weighted by Gasteiger charge is 1.90. The maximum Gasteiger partial charge on any atom is 0.333 e. The number of aliphatic hydroxyl groups excluding tert-OH is 1. The third kappa shape index (κ3) is 17.0. The number of rotatable bonds is 1. The van der Waals surface area contributed by atoms with Gasteiger partial charge in [0.15, 0.2) is 0 Å². The van der Waals surface area contributed by atoms with Crippen LogP contribution in [0.5, 0.6) is 0 Å². The van der Waals surface area contributed by atoms with Gasteiger partial charge in [0.05, 0.1) is 7.11 Å². The quantitative estimate of drug-likeness (QED) is 0.464. The van der Waals surface area contributed by atoms with E-state index in [1.165, 1.54) is 0 Å². The lowest BCUT2D eigenvalue weighted by atomic mass is 11.8. The molecule has 8 heavy (non-hydrogen) atoms. The molecule has 0 aliphatic rings. The van der Waals surface area contributed by atoms with E-state index in [9.17, 15) is 8.42 Å². The van der Waals surface area contributed by atoms with Gasteiger partial charge in [-0.15, -0.1) is 0 Å². The van der Waals surface area contributed by atoms with Crippen molar-refractivity contribution in [1.29, 1.82) is 0 Å². The fourth-order valence-electron chi connectivity index (χ4n) is 0. The van der Waals surface area contributed by atoms with Gasteiger partial charge in [-0.2, -0.15) is 8.42 Å². The number of hydrogen-bond acceptors (Lipinski definition) is 4. The monoisotopic (exact) mass is 143 g/mol. The molecule has 0 heterocycles. The summed E-state index contributed by atoms with van der Waals surface area (Å²) in [5.74, 6) is 0. The van der Waals surface area contributed by atoms with Gasteiger partial charge < -0.3 is 5.11 Å². The first-order valence-electron chi connectivity index (χ1n) is 1.59. The average Bonchev–Trinajstić information content (AvgIpc) is 1.71. The molecule has 0 saturated heterocycles. The molecule has 0 saturated carbocycles. The van der Waals surface area contributed by atoms with Gasteiger partial charge in [0, 0.05) is 7.11 Å². The van der Waals surface area contributed by atoms with Crippen molar-refractivity contribution >= 4 is 10.3 Å². The molecular weight excluding hydrogens is 134 g/mol. The summed E-state index contributed by atoms with van der Waals surface area (Å²) in [6.45, 7) is 0. The molecule has 0 aromatic heterocycles. The Morgan fingerprint density at radius 1 is 1.50 bits per heavy atom. The van der Waals surface area contributed by atoms with Gasteiger partial charge in [0.25, 0.3) is 0 Å². The molecule has 0 aromatic carbocycles. The molecule has 0 aromatic rings. The molecule has 0 bridgehead atoms. The highest BCUT2D eigenvalue weighted by Crippen LogP contribution is 1.68. The maximum absolute atomic E-state index is 9.56. The van der Waals surface area contributed by atoms with E-state index < -0.39 is 10.3 Å². The van der Waals surface area contributed by atoms with Crippen molar-refractivity contribution in [3.05, 3.63) is 0 Å². The van der Waals surface area contributed by atoms with E-state index in [-0.39, 0.29) is 0 Å². The molecule has 0 aliphatic carbocycles. The Kier molecular flexibility index (Phi) is 6.68. The minimum Gasteiger partial charge on any atom is -0.400 e. The Balaban J connectivity index is 0. The third-order valence-corrected chi connectivity index (χ3v) is 0.697. The fourth-order valence-corrected chi connectivity index (χ4v) is 0.